The molecular weight excluding hydrogens is 298 g/mol. The number of ether oxygens (including phenoxy) is 1. The fraction of sp³-hybridized carbons (Fsp3) is 0.312. The van der Waals surface area contributed by atoms with Gasteiger partial charge in [-0.05, 0) is 25.0 Å². The Labute approximate surface area is 133 Å². The molecule has 2 rings (SSSR count). The minimum atomic E-state index is -1.11. The second-order valence-corrected chi connectivity index (χ2v) is 5.25. The van der Waals surface area contributed by atoms with E-state index in [1.165, 1.54) is 12.5 Å². The standard InChI is InChI=1S/C16H19N3O4/c1-10-4-3-5-11(2)15(10)23-8-14(20)19-13(16(21)22)6-12-7-17-9-18-12/h3-5,7,9,13H,6,8H2,1-2H3,(H,17,18)(H,19,20)(H,21,22)/t13-/m1/s1. The summed E-state index contributed by atoms with van der Waals surface area (Å²) in [5.41, 5.74) is 2.48. The van der Waals surface area contributed by atoms with Crippen LogP contribution in [0.1, 0.15) is 16.8 Å². The largest absolute Gasteiger partial charge is 0.483 e. The van der Waals surface area contributed by atoms with Crippen molar-refractivity contribution in [3.05, 3.63) is 47.5 Å². The molecule has 0 radical (unpaired) electrons. The van der Waals surface area contributed by atoms with Gasteiger partial charge in [0, 0.05) is 18.3 Å². The van der Waals surface area contributed by atoms with Crippen molar-refractivity contribution in [2.75, 3.05) is 6.61 Å². The van der Waals surface area contributed by atoms with Gasteiger partial charge in [-0.3, -0.25) is 4.79 Å². The number of rotatable bonds is 7. The summed E-state index contributed by atoms with van der Waals surface area (Å²) in [4.78, 5) is 29.8. The molecule has 0 saturated heterocycles. The lowest BCUT2D eigenvalue weighted by Gasteiger charge is -2.15. The van der Waals surface area contributed by atoms with Crippen molar-refractivity contribution in [2.24, 2.45) is 0 Å². The number of aliphatic carboxylic acids is 1. The minimum Gasteiger partial charge on any atom is -0.483 e. The lowest BCUT2D eigenvalue weighted by molar-refractivity contribution is -0.142. The molecule has 1 heterocycles. The molecule has 0 saturated carbocycles. The Kier molecular flexibility index (Phi) is 5.35. The Hall–Kier alpha value is -2.83. The van der Waals surface area contributed by atoms with Crippen molar-refractivity contribution < 1.29 is 19.4 Å². The Balaban J connectivity index is 1.93. The lowest BCUT2D eigenvalue weighted by Crippen LogP contribution is -2.44. The number of nitrogens with one attached hydrogen (secondary N) is 2. The highest BCUT2D eigenvalue weighted by Crippen LogP contribution is 2.22. The first-order valence-electron chi connectivity index (χ1n) is 7.16. The zero-order valence-electron chi connectivity index (χ0n) is 13.0. The van der Waals surface area contributed by atoms with Crippen LogP contribution in [0.15, 0.2) is 30.7 Å². The van der Waals surface area contributed by atoms with Gasteiger partial charge in [-0.25, -0.2) is 9.78 Å². The molecule has 1 atom stereocenters. The zero-order valence-corrected chi connectivity index (χ0v) is 13.0. The predicted octanol–water partition coefficient (Wildman–Crippen LogP) is 1.22. The summed E-state index contributed by atoms with van der Waals surface area (Å²) in [6.07, 6.45) is 3.11. The van der Waals surface area contributed by atoms with Crippen LogP contribution in [0.2, 0.25) is 0 Å². The molecule has 0 aliphatic rings. The van der Waals surface area contributed by atoms with Gasteiger partial charge in [0.25, 0.3) is 5.91 Å². The highest BCUT2D eigenvalue weighted by Gasteiger charge is 2.21. The summed E-state index contributed by atoms with van der Waals surface area (Å²) in [6.45, 7) is 3.54. The molecule has 0 fully saturated rings. The quantitative estimate of drug-likeness (QED) is 0.712. The number of carboxylic acids is 1. The van der Waals surface area contributed by atoms with Crippen LogP contribution < -0.4 is 10.1 Å². The number of carboxylic acid groups (broad SMARTS) is 1. The van der Waals surface area contributed by atoms with E-state index in [1.807, 2.05) is 32.0 Å². The highest BCUT2D eigenvalue weighted by molar-refractivity contribution is 5.84. The molecule has 1 amide bonds. The molecule has 0 unspecified atom stereocenters. The average molecular weight is 317 g/mol. The average Bonchev–Trinajstić information content (AvgIpc) is 2.99. The van der Waals surface area contributed by atoms with Gasteiger partial charge in [0.05, 0.1) is 6.33 Å². The first kappa shape index (κ1) is 16.5. The Morgan fingerprint density at radius 1 is 1.35 bits per heavy atom. The molecule has 23 heavy (non-hydrogen) atoms. The maximum atomic E-state index is 12.0. The molecule has 0 bridgehead atoms. The van der Waals surface area contributed by atoms with E-state index in [0.29, 0.717) is 11.4 Å². The van der Waals surface area contributed by atoms with Crippen LogP contribution in [-0.4, -0.2) is 39.6 Å². The Morgan fingerprint density at radius 2 is 2.04 bits per heavy atom. The van der Waals surface area contributed by atoms with E-state index in [9.17, 15) is 14.7 Å². The van der Waals surface area contributed by atoms with Crippen molar-refractivity contribution in [1.82, 2.24) is 15.3 Å². The first-order valence-corrected chi connectivity index (χ1v) is 7.16. The van der Waals surface area contributed by atoms with Crippen LogP contribution in [0.5, 0.6) is 5.75 Å². The summed E-state index contributed by atoms with van der Waals surface area (Å²) < 4.78 is 5.52. The third-order valence-corrected chi connectivity index (χ3v) is 3.37. The third-order valence-electron chi connectivity index (χ3n) is 3.37. The monoisotopic (exact) mass is 317 g/mol. The zero-order chi connectivity index (χ0) is 16.8. The molecule has 1 aromatic carbocycles. The van der Waals surface area contributed by atoms with Gasteiger partial charge in [-0.2, -0.15) is 0 Å². The number of carbonyl (C=O) groups is 2. The van der Waals surface area contributed by atoms with E-state index in [1.54, 1.807) is 0 Å². The van der Waals surface area contributed by atoms with Crippen LogP contribution in [0.4, 0.5) is 0 Å². The number of H-pyrrole nitrogens is 1. The molecule has 122 valence electrons. The second-order valence-electron chi connectivity index (χ2n) is 5.25. The van der Waals surface area contributed by atoms with Crippen LogP contribution in [0.25, 0.3) is 0 Å². The van der Waals surface area contributed by atoms with Gasteiger partial charge in [0.15, 0.2) is 6.61 Å². The second kappa shape index (κ2) is 7.44. The molecular formula is C16H19N3O4. The number of hydrogen-bond donors (Lipinski definition) is 3. The van der Waals surface area contributed by atoms with E-state index in [4.69, 9.17) is 4.74 Å². The molecule has 2 aromatic rings. The van der Waals surface area contributed by atoms with Crippen molar-refractivity contribution in [3.63, 3.8) is 0 Å². The lowest BCUT2D eigenvalue weighted by atomic mass is 10.1. The number of aromatic nitrogens is 2. The predicted molar refractivity (Wildman–Crippen MR) is 83.3 cm³/mol. The Bertz CT molecular complexity index is 662. The minimum absolute atomic E-state index is 0.129. The molecule has 0 aliphatic carbocycles. The van der Waals surface area contributed by atoms with Crippen LogP contribution in [0.3, 0.4) is 0 Å². The molecule has 3 N–H and O–H groups in total. The van der Waals surface area contributed by atoms with E-state index < -0.39 is 17.9 Å². The molecule has 0 aliphatic heterocycles. The topological polar surface area (TPSA) is 104 Å². The number of imidazole rings is 1. The number of benzene rings is 1. The molecule has 7 heteroatoms. The number of aryl methyl sites for hydroxylation is 2. The Morgan fingerprint density at radius 3 is 2.61 bits per heavy atom. The third kappa shape index (κ3) is 4.57. The van der Waals surface area contributed by atoms with Gasteiger partial charge >= 0.3 is 5.97 Å². The van der Waals surface area contributed by atoms with Gasteiger partial charge < -0.3 is 20.1 Å². The normalized spacial score (nSPS) is 11.7. The van der Waals surface area contributed by atoms with Gasteiger partial charge in [0.2, 0.25) is 0 Å². The maximum Gasteiger partial charge on any atom is 0.326 e. The van der Waals surface area contributed by atoms with Gasteiger partial charge in [-0.15, -0.1) is 0 Å². The molecule has 1 aromatic heterocycles. The van der Waals surface area contributed by atoms with E-state index >= 15 is 0 Å². The summed E-state index contributed by atoms with van der Waals surface area (Å²) in [5.74, 6) is -0.956. The van der Waals surface area contributed by atoms with Crippen molar-refractivity contribution in [3.8, 4) is 5.75 Å². The fourth-order valence-electron chi connectivity index (χ4n) is 2.22. The number of para-hydroxylation sites is 1. The van der Waals surface area contributed by atoms with E-state index in [-0.39, 0.29) is 13.0 Å². The summed E-state index contributed by atoms with van der Waals surface area (Å²) >= 11 is 0. The van der Waals surface area contributed by atoms with Gasteiger partial charge in [-0.1, -0.05) is 18.2 Å². The number of hydrogen-bond acceptors (Lipinski definition) is 4. The number of carbonyl (C=O) groups excluding carboxylic acids is 1. The fourth-order valence-corrected chi connectivity index (χ4v) is 2.22. The number of amides is 1. The van der Waals surface area contributed by atoms with Gasteiger partial charge in [0.1, 0.15) is 11.8 Å². The smallest absolute Gasteiger partial charge is 0.326 e. The molecule has 7 nitrogen and oxygen atoms in total. The van der Waals surface area contributed by atoms with Crippen molar-refractivity contribution >= 4 is 11.9 Å². The molecule has 0 spiro atoms. The van der Waals surface area contributed by atoms with Crippen LogP contribution in [0, 0.1) is 13.8 Å². The first-order chi connectivity index (χ1) is 11.0. The van der Waals surface area contributed by atoms with Crippen LogP contribution in [-0.2, 0) is 16.0 Å². The summed E-state index contributed by atoms with van der Waals surface area (Å²) in [6, 6.07) is 4.64. The van der Waals surface area contributed by atoms with Crippen molar-refractivity contribution in [2.45, 2.75) is 26.3 Å². The van der Waals surface area contributed by atoms with E-state index in [0.717, 1.165) is 11.1 Å². The number of nitrogens with zero attached hydrogens (tertiary/aromatic N) is 1. The SMILES string of the molecule is Cc1cccc(C)c1OCC(=O)N[C@H](Cc1cnc[nH]1)C(=O)O. The summed E-state index contributed by atoms with van der Waals surface area (Å²) in [7, 11) is 0. The maximum absolute atomic E-state index is 12.0. The number of aromatic amines is 1. The summed E-state index contributed by atoms with van der Waals surface area (Å²) in [5, 5.41) is 11.7. The van der Waals surface area contributed by atoms with E-state index in [2.05, 4.69) is 15.3 Å². The highest BCUT2D eigenvalue weighted by atomic mass is 16.5. The van der Waals surface area contributed by atoms with Crippen LogP contribution >= 0.6 is 0 Å². The van der Waals surface area contributed by atoms with Crippen molar-refractivity contribution in [1.29, 1.82) is 0 Å².